The van der Waals surface area contributed by atoms with Gasteiger partial charge in [0.2, 0.25) is 0 Å². The molecule has 0 aromatic heterocycles. The van der Waals surface area contributed by atoms with Gasteiger partial charge >= 0.3 is 0 Å². The van der Waals surface area contributed by atoms with E-state index in [0.717, 1.165) is 30.2 Å². The van der Waals surface area contributed by atoms with E-state index >= 15 is 0 Å². The summed E-state index contributed by atoms with van der Waals surface area (Å²) in [5.74, 6) is 0.941. The lowest BCUT2D eigenvalue weighted by molar-refractivity contribution is 0.212. The summed E-state index contributed by atoms with van der Waals surface area (Å²) in [5.41, 5.74) is 8.07. The van der Waals surface area contributed by atoms with E-state index in [-0.39, 0.29) is 6.10 Å². The zero-order valence-electron chi connectivity index (χ0n) is 13.6. The van der Waals surface area contributed by atoms with Gasteiger partial charge < -0.3 is 15.4 Å². The third kappa shape index (κ3) is 4.55. The molecule has 1 atom stereocenters. The van der Waals surface area contributed by atoms with Gasteiger partial charge in [-0.1, -0.05) is 51.5 Å². The van der Waals surface area contributed by atoms with E-state index in [1.807, 2.05) is 18.2 Å². The van der Waals surface area contributed by atoms with Crippen LogP contribution in [0.25, 0.3) is 0 Å². The number of benzene rings is 1. The number of nitrogens with two attached hydrogens (primary N) is 1. The molecule has 0 saturated heterocycles. The molecule has 1 aromatic carbocycles. The van der Waals surface area contributed by atoms with E-state index in [4.69, 9.17) is 10.5 Å². The molecule has 2 rings (SSSR count). The molecule has 0 fully saturated rings. The molecule has 0 aliphatic carbocycles. The Morgan fingerprint density at radius 3 is 2.62 bits per heavy atom. The predicted molar refractivity (Wildman–Crippen MR) is 91.2 cm³/mol. The highest BCUT2D eigenvalue weighted by atomic mass is 16.5. The fourth-order valence-electron chi connectivity index (χ4n) is 3.09. The van der Waals surface area contributed by atoms with Crippen molar-refractivity contribution in [3.8, 4) is 5.75 Å². The normalized spacial score (nSPS) is 17.4. The Morgan fingerprint density at radius 2 is 1.86 bits per heavy atom. The number of anilines is 2. The van der Waals surface area contributed by atoms with Gasteiger partial charge in [-0.3, -0.25) is 0 Å². The van der Waals surface area contributed by atoms with Gasteiger partial charge in [0.1, 0.15) is 17.5 Å². The largest absolute Gasteiger partial charge is 0.487 e. The molecule has 0 spiro atoms. The van der Waals surface area contributed by atoms with Crippen molar-refractivity contribution in [2.75, 3.05) is 23.7 Å². The summed E-state index contributed by atoms with van der Waals surface area (Å²) in [6.07, 6.45) is 9.63. The molecular weight excluding hydrogens is 260 g/mol. The van der Waals surface area contributed by atoms with Crippen LogP contribution in [0.1, 0.15) is 58.8 Å². The maximum absolute atomic E-state index is 6.14. The number of ether oxygens (including phenoxy) is 1. The minimum atomic E-state index is 0.240. The number of hydrogen-bond donors (Lipinski definition) is 1. The molecule has 1 aliphatic heterocycles. The summed E-state index contributed by atoms with van der Waals surface area (Å²) >= 11 is 0. The molecule has 1 heterocycles. The van der Waals surface area contributed by atoms with Crippen molar-refractivity contribution in [3.05, 3.63) is 18.2 Å². The van der Waals surface area contributed by atoms with Crippen molar-refractivity contribution in [3.63, 3.8) is 0 Å². The van der Waals surface area contributed by atoms with Crippen LogP contribution in [-0.4, -0.2) is 19.2 Å². The molecule has 0 saturated carbocycles. The average Bonchev–Trinajstić information content (AvgIpc) is 2.46. The van der Waals surface area contributed by atoms with Crippen LogP contribution >= 0.6 is 0 Å². The van der Waals surface area contributed by atoms with Gasteiger partial charge in [-0.25, -0.2) is 0 Å². The van der Waals surface area contributed by atoms with E-state index in [2.05, 4.69) is 18.7 Å². The Labute approximate surface area is 129 Å². The van der Waals surface area contributed by atoms with Gasteiger partial charge in [0.25, 0.3) is 0 Å². The lowest BCUT2D eigenvalue weighted by Crippen LogP contribution is -2.39. The van der Waals surface area contributed by atoms with Gasteiger partial charge in [0.15, 0.2) is 0 Å². The highest BCUT2D eigenvalue weighted by molar-refractivity contribution is 5.75. The SMILES string of the molecule is CCCCCCCCCN1CC(C)Oc2cccc(N)c21. The molecule has 0 amide bonds. The van der Waals surface area contributed by atoms with Crippen LogP contribution in [0.5, 0.6) is 5.75 Å². The van der Waals surface area contributed by atoms with Crippen molar-refractivity contribution in [1.82, 2.24) is 0 Å². The molecule has 3 heteroatoms. The molecule has 1 aromatic rings. The molecule has 0 radical (unpaired) electrons. The van der Waals surface area contributed by atoms with Crippen LogP contribution in [0.4, 0.5) is 11.4 Å². The monoisotopic (exact) mass is 290 g/mol. The lowest BCUT2D eigenvalue weighted by Gasteiger charge is -2.35. The van der Waals surface area contributed by atoms with Crippen LogP contribution in [0.2, 0.25) is 0 Å². The Hall–Kier alpha value is -1.38. The van der Waals surface area contributed by atoms with E-state index in [1.54, 1.807) is 0 Å². The smallest absolute Gasteiger partial charge is 0.145 e. The first-order valence-corrected chi connectivity index (χ1v) is 8.52. The van der Waals surface area contributed by atoms with Crippen LogP contribution in [0.3, 0.4) is 0 Å². The Morgan fingerprint density at radius 1 is 1.14 bits per heavy atom. The molecule has 118 valence electrons. The van der Waals surface area contributed by atoms with Crippen molar-refractivity contribution in [1.29, 1.82) is 0 Å². The number of hydrogen-bond acceptors (Lipinski definition) is 3. The zero-order valence-corrected chi connectivity index (χ0v) is 13.6. The quantitative estimate of drug-likeness (QED) is 0.561. The molecule has 3 nitrogen and oxygen atoms in total. The Bertz CT molecular complexity index is 433. The third-order valence-corrected chi connectivity index (χ3v) is 4.18. The van der Waals surface area contributed by atoms with Gasteiger partial charge in [0, 0.05) is 6.54 Å². The fraction of sp³-hybridized carbons (Fsp3) is 0.667. The zero-order chi connectivity index (χ0) is 15.1. The van der Waals surface area contributed by atoms with Crippen molar-refractivity contribution in [2.45, 2.75) is 64.9 Å². The molecular formula is C18H30N2O. The van der Waals surface area contributed by atoms with E-state index in [1.165, 1.54) is 44.9 Å². The van der Waals surface area contributed by atoms with Crippen molar-refractivity contribution >= 4 is 11.4 Å². The summed E-state index contributed by atoms with van der Waals surface area (Å²) in [6.45, 7) is 6.42. The molecule has 1 aliphatic rings. The maximum Gasteiger partial charge on any atom is 0.145 e. The number of fused-ring (bicyclic) bond motifs is 1. The van der Waals surface area contributed by atoms with Crippen LogP contribution < -0.4 is 15.4 Å². The highest BCUT2D eigenvalue weighted by Crippen LogP contribution is 2.38. The second kappa shape index (κ2) is 8.16. The second-order valence-corrected chi connectivity index (χ2v) is 6.19. The van der Waals surface area contributed by atoms with Crippen LogP contribution in [0.15, 0.2) is 18.2 Å². The second-order valence-electron chi connectivity index (χ2n) is 6.19. The molecule has 21 heavy (non-hydrogen) atoms. The van der Waals surface area contributed by atoms with E-state index < -0.39 is 0 Å². The number of rotatable bonds is 8. The number of para-hydroxylation sites is 1. The first kappa shape index (κ1) is 16.0. The average molecular weight is 290 g/mol. The molecule has 0 bridgehead atoms. The molecule has 2 N–H and O–H groups in total. The standard InChI is InChI=1S/C18H30N2O/c1-3-4-5-6-7-8-9-13-20-14-15(2)21-17-12-10-11-16(19)18(17)20/h10-12,15H,3-9,13-14,19H2,1-2H3. The minimum absolute atomic E-state index is 0.240. The highest BCUT2D eigenvalue weighted by Gasteiger charge is 2.24. The van der Waals surface area contributed by atoms with E-state index in [0.29, 0.717) is 0 Å². The maximum atomic E-state index is 6.14. The minimum Gasteiger partial charge on any atom is -0.487 e. The van der Waals surface area contributed by atoms with Crippen molar-refractivity contribution in [2.24, 2.45) is 0 Å². The van der Waals surface area contributed by atoms with Crippen LogP contribution in [-0.2, 0) is 0 Å². The van der Waals surface area contributed by atoms with Gasteiger partial charge in [-0.15, -0.1) is 0 Å². The van der Waals surface area contributed by atoms with E-state index in [9.17, 15) is 0 Å². The Balaban J connectivity index is 1.81. The number of unbranched alkanes of at least 4 members (excludes halogenated alkanes) is 6. The summed E-state index contributed by atoms with van der Waals surface area (Å²) in [4.78, 5) is 2.41. The van der Waals surface area contributed by atoms with Crippen molar-refractivity contribution < 1.29 is 4.74 Å². The summed E-state index contributed by atoms with van der Waals surface area (Å²) < 4.78 is 5.89. The molecule has 1 unspecified atom stereocenters. The first-order valence-electron chi connectivity index (χ1n) is 8.52. The van der Waals surface area contributed by atoms with Gasteiger partial charge in [0.05, 0.1) is 12.2 Å². The topological polar surface area (TPSA) is 38.5 Å². The number of nitrogens with zero attached hydrogens (tertiary/aromatic N) is 1. The predicted octanol–water partition coefficient (Wildman–Crippen LogP) is 4.61. The lowest BCUT2D eigenvalue weighted by atomic mass is 10.1. The number of nitrogen functional groups attached to an aromatic ring is 1. The van der Waals surface area contributed by atoms with Gasteiger partial charge in [-0.05, 0) is 25.5 Å². The third-order valence-electron chi connectivity index (χ3n) is 4.18. The van der Waals surface area contributed by atoms with Gasteiger partial charge in [-0.2, -0.15) is 0 Å². The summed E-state index contributed by atoms with van der Waals surface area (Å²) in [5, 5.41) is 0. The fourth-order valence-corrected chi connectivity index (χ4v) is 3.09. The first-order chi connectivity index (χ1) is 10.2. The Kier molecular flexibility index (Phi) is 6.21. The van der Waals surface area contributed by atoms with Crippen LogP contribution in [0, 0.1) is 0 Å². The summed E-state index contributed by atoms with van der Waals surface area (Å²) in [7, 11) is 0. The summed E-state index contributed by atoms with van der Waals surface area (Å²) in [6, 6.07) is 5.97.